The molecule has 1 unspecified atom stereocenters. The average molecular weight is 351 g/mol. The number of thioether (sulfide) groups is 1. The van der Waals surface area contributed by atoms with E-state index in [1.54, 1.807) is 13.0 Å². The maximum absolute atomic E-state index is 12.1. The van der Waals surface area contributed by atoms with Gasteiger partial charge in [0.15, 0.2) is 11.6 Å². The first-order valence-corrected chi connectivity index (χ1v) is 8.99. The lowest BCUT2D eigenvalue weighted by Gasteiger charge is -2.17. The number of hydrogen-bond donors (Lipinski definition) is 2. The predicted molar refractivity (Wildman–Crippen MR) is 89.3 cm³/mol. The van der Waals surface area contributed by atoms with Crippen molar-refractivity contribution in [1.82, 2.24) is 15.3 Å². The summed E-state index contributed by atoms with van der Waals surface area (Å²) >= 11 is 1.41. The van der Waals surface area contributed by atoms with E-state index in [0.29, 0.717) is 29.0 Å². The zero-order valence-corrected chi connectivity index (χ0v) is 14.6. The summed E-state index contributed by atoms with van der Waals surface area (Å²) in [6.07, 6.45) is 3.95. The van der Waals surface area contributed by atoms with Gasteiger partial charge >= 0.3 is 0 Å². The van der Waals surface area contributed by atoms with Crippen molar-refractivity contribution in [3.05, 3.63) is 23.5 Å². The van der Waals surface area contributed by atoms with Gasteiger partial charge in [0.1, 0.15) is 5.76 Å². The molecule has 0 aliphatic heterocycles. The monoisotopic (exact) mass is 351 g/mol. The Morgan fingerprint density at radius 2 is 2.17 bits per heavy atom. The Morgan fingerprint density at radius 3 is 2.83 bits per heavy atom. The van der Waals surface area contributed by atoms with Crippen LogP contribution in [0.4, 0.5) is 5.82 Å². The van der Waals surface area contributed by atoms with Gasteiger partial charge in [0.25, 0.3) is 0 Å². The molecule has 1 fully saturated rings. The third-order valence-electron chi connectivity index (χ3n) is 4.11. The first kappa shape index (κ1) is 17.0. The van der Waals surface area contributed by atoms with Gasteiger partial charge in [-0.3, -0.25) is 4.79 Å². The van der Waals surface area contributed by atoms with Gasteiger partial charge in [-0.15, -0.1) is 11.8 Å². The topological polar surface area (TPSA) is 120 Å². The van der Waals surface area contributed by atoms with E-state index in [0.717, 1.165) is 25.7 Å². The van der Waals surface area contributed by atoms with Gasteiger partial charge < -0.3 is 20.1 Å². The maximum atomic E-state index is 12.1. The summed E-state index contributed by atoms with van der Waals surface area (Å²) in [5.41, 5.74) is 5.86. The van der Waals surface area contributed by atoms with Crippen LogP contribution in [0.2, 0.25) is 0 Å². The molecule has 2 aromatic rings. The molecule has 0 aromatic carbocycles. The van der Waals surface area contributed by atoms with E-state index in [1.165, 1.54) is 11.8 Å². The first-order valence-electron chi connectivity index (χ1n) is 7.94. The number of rotatable bonds is 6. The molecule has 0 saturated heterocycles. The second-order valence-corrected chi connectivity index (χ2v) is 7.47. The summed E-state index contributed by atoms with van der Waals surface area (Å²) in [6.45, 7) is 3.58. The number of nitrogens with one attached hydrogen (secondary N) is 1. The van der Waals surface area contributed by atoms with Crippen LogP contribution in [0, 0.1) is 6.92 Å². The van der Waals surface area contributed by atoms with Gasteiger partial charge in [0.2, 0.25) is 11.8 Å². The fraction of sp³-hybridized carbons (Fsp3) is 0.600. The van der Waals surface area contributed by atoms with Gasteiger partial charge in [-0.1, -0.05) is 23.2 Å². The van der Waals surface area contributed by atoms with Crippen molar-refractivity contribution < 1.29 is 13.8 Å². The van der Waals surface area contributed by atoms with E-state index in [4.69, 9.17) is 14.8 Å². The van der Waals surface area contributed by atoms with Gasteiger partial charge in [-0.25, -0.2) is 0 Å². The van der Waals surface area contributed by atoms with E-state index >= 15 is 0 Å². The highest BCUT2D eigenvalue weighted by Crippen LogP contribution is 2.34. The molecule has 130 valence electrons. The molecule has 3 N–H and O–H groups in total. The second kappa shape index (κ2) is 6.94. The van der Waals surface area contributed by atoms with E-state index in [1.807, 2.05) is 6.92 Å². The minimum atomic E-state index is -0.458. The summed E-state index contributed by atoms with van der Waals surface area (Å²) in [7, 11) is 0. The number of nitrogens with zero attached hydrogens (tertiary/aromatic N) is 3. The first-order chi connectivity index (χ1) is 11.5. The fourth-order valence-corrected chi connectivity index (χ4v) is 3.39. The largest absolute Gasteiger partial charge is 0.360 e. The number of aromatic nitrogens is 3. The van der Waals surface area contributed by atoms with Gasteiger partial charge in [0, 0.05) is 6.07 Å². The number of carbonyl (C=O) groups is 1. The Labute approximate surface area is 143 Å². The highest BCUT2D eigenvalue weighted by Gasteiger charge is 2.36. The van der Waals surface area contributed by atoms with Crippen LogP contribution in [-0.4, -0.2) is 26.5 Å². The molecule has 0 spiro atoms. The second-order valence-electron chi connectivity index (χ2n) is 6.14. The highest BCUT2D eigenvalue weighted by molar-refractivity contribution is 7.99. The van der Waals surface area contributed by atoms with Gasteiger partial charge in [0.05, 0.1) is 16.5 Å². The highest BCUT2D eigenvalue weighted by atomic mass is 32.2. The van der Waals surface area contributed by atoms with Crippen LogP contribution in [0.25, 0.3) is 0 Å². The molecule has 1 aliphatic carbocycles. The molecule has 1 aliphatic rings. The molecule has 8 nitrogen and oxygen atoms in total. The van der Waals surface area contributed by atoms with Crippen molar-refractivity contribution in [3.63, 3.8) is 0 Å². The van der Waals surface area contributed by atoms with E-state index in [9.17, 15) is 4.79 Å². The Balaban J connectivity index is 1.51. The number of aryl methyl sites for hydroxylation is 1. The molecule has 24 heavy (non-hydrogen) atoms. The quantitative estimate of drug-likeness (QED) is 0.813. The summed E-state index contributed by atoms with van der Waals surface area (Å²) < 4.78 is 10.2. The SMILES string of the molecule is Cc1cc(NC(=O)C(C)SCc2nc(C3(N)CCCC3)no2)no1. The van der Waals surface area contributed by atoms with Crippen molar-refractivity contribution in [2.45, 2.75) is 56.1 Å². The lowest BCUT2D eigenvalue weighted by atomic mass is 9.99. The van der Waals surface area contributed by atoms with Gasteiger partial charge in [-0.05, 0) is 26.7 Å². The number of anilines is 1. The van der Waals surface area contributed by atoms with Gasteiger partial charge in [-0.2, -0.15) is 4.98 Å². The lowest BCUT2D eigenvalue weighted by Crippen LogP contribution is -2.34. The van der Waals surface area contributed by atoms with Crippen molar-refractivity contribution in [2.75, 3.05) is 5.32 Å². The summed E-state index contributed by atoms with van der Waals surface area (Å²) in [4.78, 5) is 16.5. The van der Waals surface area contributed by atoms with Crippen LogP contribution >= 0.6 is 11.8 Å². The van der Waals surface area contributed by atoms with Crippen molar-refractivity contribution in [1.29, 1.82) is 0 Å². The third-order valence-corrected chi connectivity index (χ3v) is 5.24. The van der Waals surface area contributed by atoms with E-state index in [-0.39, 0.29) is 11.2 Å². The molecule has 0 radical (unpaired) electrons. The fourth-order valence-electron chi connectivity index (χ4n) is 2.67. The summed E-state index contributed by atoms with van der Waals surface area (Å²) in [5.74, 6) is 2.42. The zero-order chi connectivity index (χ0) is 17.2. The Bertz CT molecular complexity index is 708. The molecular formula is C15H21N5O3S. The third kappa shape index (κ3) is 3.78. The molecule has 0 bridgehead atoms. The molecular weight excluding hydrogens is 330 g/mol. The lowest BCUT2D eigenvalue weighted by molar-refractivity contribution is -0.115. The summed E-state index contributed by atoms with van der Waals surface area (Å²) in [5, 5.41) is 10.2. The van der Waals surface area contributed by atoms with Crippen LogP contribution in [0.5, 0.6) is 0 Å². The number of carbonyl (C=O) groups excluding carboxylic acids is 1. The average Bonchev–Trinajstić information content (AvgIpc) is 3.27. The van der Waals surface area contributed by atoms with E-state index in [2.05, 4.69) is 20.6 Å². The minimum absolute atomic E-state index is 0.154. The standard InChI is InChI=1S/C15H21N5O3S/c1-9-7-11(19-22-9)17-13(21)10(2)24-8-12-18-14(20-23-12)15(16)5-3-4-6-15/h7,10H,3-6,8,16H2,1-2H3,(H,17,19,21). The van der Waals surface area contributed by atoms with Crippen molar-refractivity contribution in [3.8, 4) is 0 Å². The number of hydrogen-bond acceptors (Lipinski definition) is 8. The van der Waals surface area contributed by atoms with Crippen LogP contribution in [0.3, 0.4) is 0 Å². The van der Waals surface area contributed by atoms with Crippen LogP contribution in [-0.2, 0) is 16.1 Å². The minimum Gasteiger partial charge on any atom is -0.360 e. The Morgan fingerprint density at radius 1 is 1.42 bits per heavy atom. The molecule has 3 rings (SSSR count). The Kier molecular flexibility index (Phi) is 4.91. The smallest absolute Gasteiger partial charge is 0.238 e. The normalized spacial score (nSPS) is 17.8. The van der Waals surface area contributed by atoms with Crippen LogP contribution in [0.1, 0.15) is 50.1 Å². The van der Waals surface area contributed by atoms with Crippen molar-refractivity contribution in [2.24, 2.45) is 5.73 Å². The Hall–Kier alpha value is -1.87. The molecule has 2 heterocycles. The maximum Gasteiger partial charge on any atom is 0.238 e. The zero-order valence-electron chi connectivity index (χ0n) is 13.7. The number of amides is 1. The number of nitrogens with two attached hydrogens (primary N) is 1. The molecule has 2 aromatic heterocycles. The molecule has 9 heteroatoms. The van der Waals surface area contributed by atoms with E-state index < -0.39 is 5.54 Å². The van der Waals surface area contributed by atoms with Crippen LogP contribution in [0.15, 0.2) is 15.1 Å². The van der Waals surface area contributed by atoms with Crippen molar-refractivity contribution >= 4 is 23.5 Å². The molecule has 1 atom stereocenters. The molecule has 1 saturated carbocycles. The summed E-state index contributed by atoms with van der Waals surface area (Å²) in [6, 6.07) is 1.67. The predicted octanol–water partition coefficient (Wildman–Crippen LogP) is 2.35. The van der Waals surface area contributed by atoms with Crippen LogP contribution < -0.4 is 11.1 Å². The molecule has 1 amide bonds.